The molecule has 3 aromatic rings. The number of para-hydroxylation sites is 1. The molecule has 0 spiro atoms. The van der Waals surface area contributed by atoms with E-state index in [-0.39, 0.29) is 22.6 Å². The van der Waals surface area contributed by atoms with Crippen molar-refractivity contribution in [3.05, 3.63) is 69.5 Å². The molecule has 2 aliphatic carbocycles. The Morgan fingerprint density at radius 3 is 2.75 bits per heavy atom. The van der Waals surface area contributed by atoms with Gasteiger partial charge in [0.05, 0.1) is 16.2 Å². The molecule has 5 rings (SSSR count). The second kappa shape index (κ2) is 6.89. The number of aryl methyl sites for hydroxylation is 2. The molecule has 0 bridgehead atoms. The van der Waals surface area contributed by atoms with E-state index in [1.807, 2.05) is 37.3 Å². The van der Waals surface area contributed by atoms with Gasteiger partial charge in [-0.3, -0.25) is 14.2 Å². The lowest BCUT2D eigenvalue weighted by Gasteiger charge is -2.16. The van der Waals surface area contributed by atoms with Crippen LogP contribution in [0.15, 0.2) is 52.4 Å². The number of hydrogen-bond acceptors (Lipinski definition) is 4. The first kappa shape index (κ1) is 17.7. The molecular formula is C23H22N2O2S. The van der Waals surface area contributed by atoms with Crippen molar-refractivity contribution in [2.75, 3.05) is 0 Å². The van der Waals surface area contributed by atoms with Gasteiger partial charge in [-0.15, -0.1) is 0 Å². The van der Waals surface area contributed by atoms with Crippen LogP contribution in [0.3, 0.4) is 0 Å². The summed E-state index contributed by atoms with van der Waals surface area (Å²) < 4.78 is 1.81. The maximum Gasteiger partial charge on any atom is 0.262 e. The summed E-state index contributed by atoms with van der Waals surface area (Å²) in [4.78, 5) is 30.8. The van der Waals surface area contributed by atoms with Crippen LogP contribution < -0.4 is 5.56 Å². The molecule has 2 aliphatic rings. The van der Waals surface area contributed by atoms with Gasteiger partial charge < -0.3 is 0 Å². The topological polar surface area (TPSA) is 52.0 Å². The van der Waals surface area contributed by atoms with Gasteiger partial charge in [0.25, 0.3) is 5.56 Å². The van der Waals surface area contributed by atoms with Crippen LogP contribution in [0.25, 0.3) is 10.9 Å². The monoisotopic (exact) mass is 390 g/mol. The molecule has 0 amide bonds. The van der Waals surface area contributed by atoms with E-state index >= 15 is 0 Å². The lowest BCUT2D eigenvalue weighted by atomic mass is 10.0. The Balaban J connectivity index is 1.48. The Kier molecular flexibility index (Phi) is 4.35. The van der Waals surface area contributed by atoms with Crippen molar-refractivity contribution >= 4 is 28.4 Å². The van der Waals surface area contributed by atoms with Gasteiger partial charge in [0.1, 0.15) is 0 Å². The molecule has 1 heterocycles. The number of thioether (sulfide) groups is 1. The third-order valence-electron chi connectivity index (χ3n) is 5.72. The number of nitrogens with zero attached hydrogens (tertiary/aromatic N) is 2. The minimum atomic E-state index is -0.294. The van der Waals surface area contributed by atoms with E-state index in [4.69, 9.17) is 4.98 Å². The summed E-state index contributed by atoms with van der Waals surface area (Å²) >= 11 is 1.41. The minimum Gasteiger partial charge on any atom is -0.293 e. The third-order valence-corrected chi connectivity index (χ3v) is 6.79. The van der Waals surface area contributed by atoms with Crippen LogP contribution in [0.1, 0.15) is 53.7 Å². The second-order valence-corrected chi connectivity index (χ2v) is 9.09. The van der Waals surface area contributed by atoms with Crippen molar-refractivity contribution in [3.8, 4) is 0 Å². The summed E-state index contributed by atoms with van der Waals surface area (Å²) in [5.41, 5.74) is 4.15. The maximum absolute atomic E-state index is 13.1. The number of benzene rings is 2. The Hall–Kier alpha value is -2.40. The molecule has 4 nitrogen and oxygen atoms in total. The summed E-state index contributed by atoms with van der Waals surface area (Å²) in [6, 6.07) is 13.8. The van der Waals surface area contributed by atoms with E-state index in [2.05, 4.69) is 12.1 Å². The Morgan fingerprint density at radius 1 is 1.14 bits per heavy atom. The van der Waals surface area contributed by atoms with Gasteiger partial charge >= 0.3 is 0 Å². The van der Waals surface area contributed by atoms with E-state index in [9.17, 15) is 9.59 Å². The van der Waals surface area contributed by atoms with Crippen molar-refractivity contribution in [2.45, 2.75) is 55.5 Å². The molecular weight excluding hydrogens is 368 g/mol. The van der Waals surface area contributed by atoms with Crippen LogP contribution in [0.4, 0.5) is 0 Å². The van der Waals surface area contributed by atoms with Gasteiger partial charge in [-0.25, -0.2) is 4.98 Å². The fourth-order valence-corrected chi connectivity index (χ4v) is 5.09. The molecule has 2 aromatic carbocycles. The average molecular weight is 391 g/mol. The number of ketones is 1. The highest BCUT2D eigenvalue weighted by Crippen LogP contribution is 2.38. The Morgan fingerprint density at radius 2 is 1.93 bits per heavy atom. The largest absolute Gasteiger partial charge is 0.293 e. The highest BCUT2D eigenvalue weighted by Gasteiger charge is 2.30. The molecule has 1 atom stereocenters. The summed E-state index contributed by atoms with van der Waals surface area (Å²) in [5.74, 6) is 0.101. The summed E-state index contributed by atoms with van der Waals surface area (Å²) in [6.07, 6.45) is 5.35. The molecule has 0 saturated heterocycles. The Bertz CT molecular complexity index is 1150. The van der Waals surface area contributed by atoms with E-state index in [0.29, 0.717) is 16.1 Å². The van der Waals surface area contributed by atoms with Gasteiger partial charge in [-0.2, -0.15) is 0 Å². The van der Waals surface area contributed by atoms with Crippen molar-refractivity contribution in [2.24, 2.45) is 0 Å². The van der Waals surface area contributed by atoms with Crippen LogP contribution >= 0.6 is 11.8 Å². The number of carbonyl (C=O) groups excluding carboxylic acids is 1. The molecule has 0 radical (unpaired) electrons. The fraction of sp³-hybridized carbons (Fsp3) is 0.348. The van der Waals surface area contributed by atoms with Crippen LogP contribution in [0.2, 0.25) is 0 Å². The van der Waals surface area contributed by atoms with E-state index < -0.39 is 0 Å². The van der Waals surface area contributed by atoms with Crippen molar-refractivity contribution in [1.29, 1.82) is 0 Å². The standard InChI is InChI=1S/C23H22N2O2S/c1-14(21(26)17-10-9-15-5-4-6-16(15)13-17)28-23-24-20-8-3-2-7-19(20)22(27)25(23)18-11-12-18/h2-3,7-10,13-14,18H,4-6,11-12H2,1H3/t14-/m0/s1. The zero-order chi connectivity index (χ0) is 19.3. The van der Waals surface area contributed by atoms with Crippen molar-refractivity contribution < 1.29 is 4.79 Å². The summed E-state index contributed by atoms with van der Waals surface area (Å²) in [5, 5.41) is 1.02. The van der Waals surface area contributed by atoms with Crippen LogP contribution in [-0.4, -0.2) is 20.6 Å². The number of hydrogen-bond donors (Lipinski definition) is 0. The summed E-state index contributed by atoms with van der Waals surface area (Å²) in [7, 11) is 0. The van der Waals surface area contributed by atoms with Crippen LogP contribution in [0.5, 0.6) is 0 Å². The van der Waals surface area contributed by atoms with Crippen LogP contribution in [-0.2, 0) is 12.8 Å². The molecule has 142 valence electrons. The molecule has 1 fully saturated rings. The molecule has 0 N–H and O–H groups in total. The number of Topliss-reactive ketones (excluding diaryl/α,β-unsaturated/α-hetero) is 1. The van der Waals surface area contributed by atoms with E-state index in [1.165, 1.54) is 29.3 Å². The molecule has 0 unspecified atom stereocenters. The summed E-state index contributed by atoms with van der Waals surface area (Å²) in [6.45, 7) is 1.92. The zero-order valence-electron chi connectivity index (χ0n) is 15.9. The first-order valence-corrected chi connectivity index (χ1v) is 10.8. The van der Waals surface area contributed by atoms with Gasteiger partial charge in [0.15, 0.2) is 10.9 Å². The van der Waals surface area contributed by atoms with E-state index in [1.54, 1.807) is 4.57 Å². The van der Waals surface area contributed by atoms with Gasteiger partial charge in [0.2, 0.25) is 0 Å². The maximum atomic E-state index is 13.1. The predicted molar refractivity (Wildman–Crippen MR) is 112 cm³/mol. The van der Waals surface area contributed by atoms with Gasteiger partial charge in [0, 0.05) is 11.6 Å². The van der Waals surface area contributed by atoms with Crippen molar-refractivity contribution in [1.82, 2.24) is 9.55 Å². The second-order valence-electron chi connectivity index (χ2n) is 7.78. The highest BCUT2D eigenvalue weighted by molar-refractivity contribution is 8.00. The number of carbonyl (C=O) groups is 1. The molecule has 0 aliphatic heterocycles. The average Bonchev–Trinajstić information content (AvgIpc) is 3.43. The minimum absolute atomic E-state index is 0.00720. The number of fused-ring (bicyclic) bond motifs is 2. The fourth-order valence-electron chi connectivity index (χ4n) is 4.03. The predicted octanol–water partition coefficient (Wildman–Crippen LogP) is 4.58. The number of aromatic nitrogens is 2. The SMILES string of the molecule is C[C@H](Sc1nc2ccccc2c(=O)n1C1CC1)C(=O)c1ccc2c(c1)CCC2. The molecule has 1 saturated carbocycles. The highest BCUT2D eigenvalue weighted by atomic mass is 32.2. The molecule has 1 aromatic heterocycles. The smallest absolute Gasteiger partial charge is 0.262 e. The number of rotatable bonds is 5. The normalized spacial score (nSPS) is 16.9. The third kappa shape index (κ3) is 3.08. The lowest BCUT2D eigenvalue weighted by Crippen LogP contribution is -2.24. The van der Waals surface area contributed by atoms with Gasteiger partial charge in [-0.1, -0.05) is 36.0 Å². The zero-order valence-corrected chi connectivity index (χ0v) is 16.7. The van der Waals surface area contributed by atoms with E-state index in [0.717, 1.165) is 31.2 Å². The first-order valence-electron chi connectivity index (χ1n) is 9.96. The first-order chi connectivity index (χ1) is 13.6. The Labute approximate surface area is 168 Å². The van der Waals surface area contributed by atoms with Crippen LogP contribution in [0, 0.1) is 0 Å². The quantitative estimate of drug-likeness (QED) is 0.363. The van der Waals surface area contributed by atoms with Gasteiger partial charge in [-0.05, 0) is 68.4 Å². The molecule has 28 heavy (non-hydrogen) atoms. The lowest BCUT2D eigenvalue weighted by molar-refractivity contribution is 0.0993. The van der Waals surface area contributed by atoms with Crippen molar-refractivity contribution in [3.63, 3.8) is 0 Å². The molecule has 5 heteroatoms.